The summed E-state index contributed by atoms with van der Waals surface area (Å²) in [5.41, 5.74) is 3.08. The molecule has 0 aliphatic heterocycles. The third kappa shape index (κ3) is 5.30. The molecule has 0 fully saturated rings. The molecule has 3 aromatic rings. The number of anilines is 1. The molecule has 27 heavy (non-hydrogen) atoms. The number of hydrogen-bond acceptors (Lipinski definition) is 5. The number of carbonyl (C=O) groups excluding carboxylic acids is 1. The molecule has 2 aromatic heterocycles. The molecular formula is C20H22N4OS2. The van der Waals surface area contributed by atoms with Crippen LogP contribution in [0.2, 0.25) is 0 Å². The van der Waals surface area contributed by atoms with Crippen molar-refractivity contribution in [1.29, 1.82) is 0 Å². The van der Waals surface area contributed by atoms with Gasteiger partial charge in [-0.3, -0.25) is 4.79 Å². The number of thioether (sulfide) groups is 1. The van der Waals surface area contributed by atoms with Gasteiger partial charge in [-0.05, 0) is 48.6 Å². The molecule has 0 aliphatic rings. The van der Waals surface area contributed by atoms with E-state index in [1.807, 2.05) is 42.7 Å². The first kappa shape index (κ1) is 19.4. The van der Waals surface area contributed by atoms with Gasteiger partial charge in [0.25, 0.3) is 0 Å². The maximum atomic E-state index is 12.3. The summed E-state index contributed by atoms with van der Waals surface area (Å²) in [6, 6.07) is 10.1. The van der Waals surface area contributed by atoms with Gasteiger partial charge in [-0.2, -0.15) is 0 Å². The zero-order valence-electron chi connectivity index (χ0n) is 15.4. The molecule has 0 spiro atoms. The van der Waals surface area contributed by atoms with Crippen LogP contribution in [-0.4, -0.2) is 26.4 Å². The molecule has 5 nitrogen and oxygen atoms in total. The van der Waals surface area contributed by atoms with Crippen molar-refractivity contribution in [3.05, 3.63) is 70.2 Å². The highest BCUT2D eigenvalue weighted by molar-refractivity contribution is 7.99. The fourth-order valence-corrected chi connectivity index (χ4v) is 4.28. The zero-order chi connectivity index (χ0) is 19.2. The number of amides is 1. The minimum atomic E-state index is -0.0574. The number of aromatic nitrogens is 3. The van der Waals surface area contributed by atoms with E-state index in [9.17, 15) is 4.79 Å². The lowest BCUT2D eigenvalue weighted by Gasteiger charge is -2.09. The summed E-state index contributed by atoms with van der Waals surface area (Å²) in [5, 5.41) is 14.3. The lowest BCUT2D eigenvalue weighted by molar-refractivity contribution is -0.113. The Morgan fingerprint density at radius 1 is 1.30 bits per heavy atom. The SMILES string of the molecule is C=CCn1c(Cc2cccs2)nnc1SCC(=O)Nc1cc(C)cc(C)c1. The Kier molecular flexibility index (Phi) is 6.47. The number of rotatable bonds is 8. The average molecular weight is 399 g/mol. The minimum absolute atomic E-state index is 0.0574. The number of benzene rings is 1. The van der Waals surface area contributed by atoms with Crippen LogP contribution in [0.25, 0.3) is 0 Å². The van der Waals surface area contributed by atoms with Gasteiger partial charge in [-0.1, -0.05) is 30.0 Å². The lowest BCUT2D eigenvalue weighted by Crippen LogP contribution is -2.15. The quantitative estimate of drug-likeness (QED) is 0.449. The van der Waals surface area contributed by atoms with Crippen LogP contribution >= 0.6 is 23.1 Å². The Hall–Kier alpha value is -2.38. The number of allylic oxidation sites excluding steroid dienone is 1. The molecule has 0 radical (unpaired) electrons. The summed E-state index contributed by atoms with van der Waals surface area (Å²) >= 11 is 3.09. The van der Waals surface area contributed by atoms with Gasteiger partial charge in [0.05, 0.1) is 5.75 Å². The Balaban J connectivity index is 1.65. The second-order valence-corrected chi connectivity index (χ2v) is 8.24. The molecule has 7 heteroatoms. The van der Waals surface area contributed by atoms with Crippen LogP contribution in [0.15, 0.2) is 53.5 Å². The van der Waals surface area contributed by atoms with Crippen molar-refractivity contribution in [1.82, 2.24) is 14.8 Å². The Bertz CT molecular complexity index is 911. The molecule has 3 rings (SSSR count). The van der Waals surface area contributed by atoms with Gasteiger partial charge in [-0.25, -0.2) is 0 Å². The fraction of sp³-hybridized carbons (Fsp3) is 0.250. The summed E-state index contributed by atoms with van der Waals surface area (Å²) < 4.78 is 2.02. The molecule has 0 atom stereocenters. The molecule has 1 aromatic carbocycles. The number of hydrogen-bond donors (Lipinski definition) is 1. The highest BCUT2D eigenvalue weighted by Gasteiger charge is 2.14. The molecule has 0 aliphatic carbocycles. The molecule has 2 heterocycles. The number of nitrogens with zero attached hydrogens (tertiary/aromatic N) is 3. The van der Waals surface area contributed by atoms with Crippen molar-refractivity contribution >= 4 is 34.7 Å². The first-order chi connectivity index (χ1) is 13.0. The van der Waals surface area contributed by atoms with Gasteiger partial charge in [0.15, 0.2) is 5.16 Å². The average Bonchev–Trinajstić information content (AvgIpc) is 3.24. The van der Waals surface area contributed by atoms with Gasteiger partial charge in [0.2, 0.25) is 5.91 Å². The first-order valence-corrected chi connectivity index (χ1v) is 10.5. The normalized spacial score (nSPS) is 10.7. The predicted molar refractivity (Wildman–Crippen MR) is 113 cm³/mol. The highest BCUT2D eigenvalue weighted by atomic mass is 32.2. The van der Waals surface area contributed by atoms with E-state index in [-0.39, 0.29) is 11.7 Å². The van der Waals surface area contributed by atoms with Gasteiger partial charge >= 0.3 is 0 Å². The molecule has 140 valence electrons. The topological polar surface area (TPSA) is 59.8 Å². The Morgan fingerprint density at radius 2 is 2.07 bits per heavy atom. The summed E-state index contributed by atoms with van der Waals surface area (Å²) in [6.45, 7) is 8.48. The van der Waals surface area contributed by atoms with Crippen molar-refractivity contribution in [3.8, 4) is 0 Å². The lowest BCUT2D eigenvalue weighted by atomic mass is 10.1. The van der Waals surface area contributed by atoms with Crippen LogP contribution in [0.3, 0.4) is 0 Å². The largest absolute Gasteiger partial charge is 0.325 e. The van der Waals surface area contributed by atoms with Crippen molar-refractivity contribution in [2.24, 2.45) is 0 Å². The summed E-state index contributed by atoms with van der Waals surface area (Å²) in [7, 11) is 0. The number of aryl methyl sites for hydroxylation is 2. The Labute approximate surface area is 167 Å². The fourth-order valence-electron chi connectivity index (χ4n) is 2.81. The molecule has 1 amide bonds. The standard InChI is InChI=1S/C20H22N4OS2/c1-4-7-24-18(12-17-6-5-8-26-17)22-23-20(24)27-13-19(25)21-16-10-14(2)9-15(3)11-16/h4-6,8-11H,1,7,12-13H2,2-3H3,(H,21,25). The molecule has 0 bridgehead atoms. The summed E-state index contributed by atoms with van der Waals surface area (Å²) in [5.74, 6) is 1.11. The summed E-state index contributed by atoms with van der Waals surface area (Å²) in [4.78, 5) is 13.6. The molecule has 0 saturated carbocycles. The van der Waals surface area contributed by atoms with Crippen LogP contribution in [0.5, 0.6) is 0 Å². The van der Waals surface area contributed by atoms with E-state index < -0.39 is 0 Å². The van der Waals surface area contributed by atoms with Crippen molar-refractivity contribution in [2.45, 2.75) is 32.0 Å². The van der Waals surface area contributed by atoms with Crippen molar-refractivity contribution in [2.75, 3.05) is 11.1 Å². The highest BCUT2D eigenvalue weighted by Crippen LogP contribution is 2.21. The number of thiophene rings is 1. The second-order valence-electron chi connectivity index (χ2n) is 6.27. The van der Waals surface area contributed by atoms with E-state index in [1.165, 1.54) is 16.6 Å². The molecule has 0 unspecified atom stereocenters. The van der Waals surface area contributed by atoms with Crippen molar-refractivity contribution in [3.63, 3.8) is 0 Å². The van der Waals surface area contributed by atoms with Gasteiger partial charge in [-0.15, -0.1) is 28.1 Å². The van der Waals surface area contributed by atoms with Crippen LogP contribution < -0.4 is 5.32 Å². The van der Waals surface area contributed by atoms with Gasteiger partial charge < -0.3 is 9.88 Å². The maximum Gasteiger partial charge on any atom is 0.234 e. The van der Waals surface area contributed by atoms with E-state index in [4.69, 9.17) is 0 Å². The van der Waals surface area contributed by atoms with Crippen LogP contribution in [0.4, 0.5) is 5.69 Å². The third-order valence-corrected chi connectivity index (χ3v) is 5.70. The first-order valence-electron chi connectivity index (χ1n) is 8.61. The third-order valence-electron chi connectivity index (χ3n) is 3.86. The zero-order valence-corrected chi connectivity index (χ0v) is 17.1. The number of nitrogens with one attached hydrogen (secondary N) is 1. The van der Waals surface area contributed by atoms with E-state index >= 15 is 0 Å². The minimum Gasteiger partial charge on any atom is -0.325 e. The molecule has 1 N–H and O–H groups in total. The maximum absolute atomic E-state index is 12.3. The van der Waals surface area contributed by atoms with Gasteiger partial charge in [0, 0.05) is 23.5 Å². The predicted octanol–water partition coefficient (Wildman–Crippen LogP) is 4.46. The van der Waals surface area contributed by atoms with E-state index in [0.717, 1.165) is 34.2 Å². The van der Waals surface area contributed by atoms with Crippen LogP contribution in [0.1, 0.15) is 21.8 Å². The molecule has 0 saturated heterocycles. The smallest absolute Gasteiger partial charge is 0.234 e. The summed E-state index contributed by atoms with van der Waals surface area (Å²) in [6.07, 6.45) is 2.55. The van der Waals surface area contributed by atoms with E-state index in [0.29, 0.717) is 6.54 Å². The second kappa shape index (κ2) is 9.01. The van der Waals surface area contributed by atoms with Crippen LogP contribution in [-0.2, 0) is 17.8 Å². The van der Waals surface area contributed by atoms with Gasteiger partial charge in [0.1, 0.15) is 5.82 Å². The van der Waals surface area contributed by atoms with Crippen molar-refractivity contribution < 1.29 is 4.79 Å². The molecular weight excluding hydrogens is 376 g/mol. The Morgan fingerprint density at radius 3 is 2.74 bits per heavy atom. The number of carbonyl (C=O) groups is 1. The monoisotopic (exact) mass is 398 g/mol. The van der Waals surface area contributed by atoms with Crippen LogP contribution in [0, 0.1) is 13.8 Å². The van der Waals surface area contributed by atoms with E-state index in [2.05, 4.69) is 39.6 Å². The van der Waals surface area contributed by atoms with E-state index in [1.54, 1.807) is 11.3 Å².